The minimum atomic E-state index is -0.447. The molecule has 4 aromatic rings. The standard InChI is InChI=1S/C26H26N4O3S/c1-15-10-12-19(13-11-15)14-27-23(31)18(4)34-26-29-22(21-16(2)17(3)33-25(21)30-26)28-24(32)20-8-6-5-7-9-20/h5-13,18H,14H2,1-4H3,(H,27,31)(H,28,29,30,32). The van der Waals surface area contributed by atoms with Gasteiger partial charge in [0.05, 0.1) is 10.6 Å². The van der Waals surface area contributed by atoms with Gasteiger partial charge in [0.1, 0.15) is 11.6 Å². The van der Waals surface area contributed by atoms with Crippen molar-refractivity contribution in [3.05, 3.63) is 82.6 Å². The summed E-state index contributed by atoms with van der Waals surface area (Å²) in [5.41, 5.74) is 3.96. The van der Waals surface area contributed by atoms with Crippen LogP contribution in [0.15, 0.2) is 64.2 Å². The Morgan fingerprint density at radius 1 is 1.00 bits per heavy atom. The molecule has 2 amide bonds. The molecule has 174 valence electrons. The predicted molar refractivity (Wildman–Crippen MR) is 134 cm³/mol. The lowest BCUT2D eigenvalue weighted by molar-refractivity contribution is -0.120. The van der Waals surface area contributed by atoms with Crippen molar-refractivity contribution in [1.82, 2.24) is 15.3 Å². The average molecular weight is 475 g/mol. The first-order valence-corrected chi connectivity index (χ1v) is 11.8. The van der Waals surface area contributed by atoms with Crippen molar-refractivity contribution in [2.45, 2.75) is 44.6 Å². The normalized spacial score (nSPS) is 11.9. The highest BCUT2D eigenvalue weighted by molar-refractivity contribution is 8.00. The van der Waals surface area contributed by atoms with Crippen LogP contribution >= 0.6 is 11.8 Å². The van der Waals surface area contributed by atoms with Gasteiger partial charge in [-0.3, -0.25) is 9.59 Å². The number of hydrogen-bond donors (Lipinski definition) is 2. The molecule has 1 unspecified atom stereocenters. The summed E-state index contributed by atoms with van der Waals surface area (Å²) < 4.78 is 5.81. The molecule has 0 saturated carbocycles. The quantitative estimate of drug-likeness (QED) is 0.282. The van der Waals surface area contributed by atoms with Crippen LogP contribution in [0.1, 0.15) is 39.7 Å². The van der Waals surface area contributed by atoms with Gasteiger partial charge in [0, 0.05) is 17.7 Å². The Balaban J connectivity index is 1.53. The monoisotopic (exact) mass is 474 g/mol. The Morgan fingerprint density at radius 3 is 2.41 bits per heavy atom. The second-order valence-corrected chi connectivity index (χ2v) is 9.41. The zero-order chi connectivity index (χ0) is 24.2. The molecule has 2 aromatic carbocycles. The number of nitrogens with zero attached hydrogens (tertiary/aromatic N) is 2. The van der Waals surface area contributed by atoms with Crippen LogP contribution in [-0.2, 0) is 11.3 Å². The van der Waals surface area contributed by atoms with E-state index in [-0.39, 0.29) is 11.8 Å². The third-order valence-electron chi connectivity index (χ3n) is 5.51. The number of nitrogens with one attached hydrogen (secondary N) is 2. The van der Waals surface area contributed by atoms with E-state index in [0.717, 1.165) is 11.1 Å². The van der Waals surface area contributed by atoms with Gasteiger partial charge in [-0.25, -0.2) is 4.98 Å². The predicted octanol–water partition coefficient (Wildman–Crippen LogP) is 5.20. The van der Waals surface area contributed by atoms with E-state index in [2.05, 4.69) is 20.6 Å². The molecule has 1 atom stereocenters. The number of fused-ring (bicyclic) bond motifs is 1. The number of rotatable bonds is 7. The molecule has 7 nitrogen and oxygen atoms in total. The molecule has 0 fully saturated rings. The molecule has 2 heterocycles. The maximum atomic E-state index is 12.8. The fourth-order valence-corrected chi connectivity index (χ4v) is 4.18. The van der Waals surface area contributed by atoms with E-state index in [9.17, 15) is 9.59 Å². The van der Waals surface area contributed by atoms with Crippen molar-refractivity contribution >= 4 is 40.5 Å². The first-order valence-electron chi connectivity index (χ1n) is 11.0. The molecule has 2 N–H and O–H groups in total. The zero-order valence-electron chi connectivity index (χ0n) is 19.5. The Hall–Kier alpha value is -3.65. The third-order valence-corrected chi connectivity index (χ3v) is 6.48. The first-order chi connectivity index (χ1) is 16.3. The van der Waals surface area contributed by atoms with Crippen LogP contribution < -0.4 is 10.6 Å². The summed E-state index contributed by atoms with van der Waals surface area (Å²) in [5, 5.41) is 6.39. The fraction of sp³-hybridized carbons (Fsp3) is 0.231. The summed E-state index contributed by atoms with van der Waals surface area (Å²) in [6.45, 7) is 8.00. The SMILES string of the molecule is Cc1ccc(CNC(=O)C(C)Sc2nc(NC(=O)c3ccccc3)c3c(C)c(C)oc3n2)cc1. The number of carbonyl (C=O) groups excluding carboxylic acids is 2. The Morgan fingerprint density at radius 2 is 1.71 bits per heavy atom. The minimum absolute atomic E-state index is 0.129. The molecule has 0 bridgehead atoms. The summed E-state index contributed by atoms with van der Waals surface area (Å²) in [6.07, 6.45) is 0. The average Bonchev–Trinajstić information content (AvgIpc) is 3.12. The van der Waals surface area contributed by atoms with Crippen LogP contribution in [0.25, 0.3) is 11.1 Å². The number of thioether (sulfide) groups is 1. The number of furan rings is 1. The van der Waals surface area contributed by atoms with E-state index in [1.54, 1.807) is 31.2 Å². The van der Waals surface area contributed by atoms with E-state index < -0.39 is 5.25 Å². The van der Waals surface area contributed by atoms with Gasteiger partial charge >= 0.3 is 0 Å². The summed E-state index contributed by atoms with van der Waals surface area (Å²) in [4.78, 5) is 34.5. The maximum Gasteiger partial charge on any atom is 0.256 e. The lowest BCUT2D eigenvalue weighted by Crippen LogP contribution is -2.30. The van der Waals surface area contributed by atoms with Crippen LogP contribution in [0.2, 0.25) is 0 Å². The summed E-state index contributed by atoms with van der Waals surface area (Å²) in [7, 11) is 0. The largest absolute Gasteiger partial charge is 0.443 e. The van der Waals surface area contributed by atoms with E-state index in [0.29, 0.717) is 39.9 Å². The van der Waals surface area contributed by atoms with E-state index >= 15 is 0 Å². The maximum absolute atomic E-state index is 12.8. The van der Waals surface area contributed by atoms with Crippen molar-refractivity contribution < 1.29 is 14.0 Å². The second-order valence-electron chi connectivity index (χ2n) is 8.10. The molecule has 0 spiro atoms. The highest BCUT2D eigenvalue weighted by Gasteiger charge is 2.22. The number of hydrogen-bond acceptors (Lipinski definition) is 6. The lowest BCUT2D eigenvalue weighted by atomic mass is 10.1. The molecule has 0 radical (unpaired) electrons. The number of anilines is 1. The van der Waals surface area contributed by atoms with Gasteiger partial charge in [0.15, 0.2) is 5.16 Å². The molecule has 34 heavy (non-hydrogen) atoms. The van der Waals surface area contributed by atoms with Gasteiger partial charge in [-0.15, -0.1) is 0 Å². The number of amides is 2. The molecule has 8 heteroatoms. The van der Waals surface area contributed by atoms with Gasteiger partial charge in [-0.1, -0.05) is 59.8 Å². The van der Waals surface area contributed by atoms with Crippen molar-refractivity contribution in [3.63, 3.8) is 0 Å². The number of carbonyl (C=O) groups is 2. The molecule has 0 saturated heterocycles. The third kappa shape index (κ3) is 5.28. The fourth-order valence-electron chi connectivity index (χ4n) is 3.39. The topological polar surface area (TPSA) is 97.1 Å². The molecular weight excluding hydrogens is 448 g/mol. The van der Waals surface area contributed by atoms with Crippen LogP contribution in [0.4, 0.5) is 5.82 Å². The summed E-state index contributed by atoms with van der Waals surface area (Å²) >= 11 is 1.21. The number of aryl methyl sites for hydroxylation is 3. The molecular formula is C26H26N4O3S. The van der Waals surface area contributed by atoms with Crippen molar-refractivity contribution in [1.29, 1.82) is 0 Å². The zero-order valence-corrected chi connectivity index (χ0v) is 20.3. The van der Waals surface area contributed by atoms with Crippen molar-refractivity contribution in [2.75, 3.05) is 5.32 Å². The smallest absolute Gasteiger partial charge is 0.256 e. The van der Waals surface area contributed by atoms with Gasteiger partial charge in [0.2, 0.25) is 11.6 Å². The molecule has 4 rings (SSSR count). The van der Waals surface area contributed by atoms with E-state index in [4.69, 9.17) is 4.42 Å². The van der Waals surface area contributed by atoms with Gasteiger partial charge < -0.3 is 15.1 Å². The van der Waals surface area contributed by atoms with Gasteiger partial charge in [-0.05, 0) is 45.4 Å². The van der Waals surface area contributed by atoms with E-state index in [1.165, 1.54) is 17.3 Å². The minimum Gasteiger partial charge on any atom is -0.443 e. The van der Waals surface area contributed by atoms with Crippen molar-refractivity contribution in [3.8, 4) is 0 Å². The van der Waals surface area contributed by atoms with Gasteiger partial charge in [0.25, 0.3) is 5.91 Å². The first kappa shape index (κ1) is 23.5. The van der Waals surface area contributed by atoms with Crippen LogP contribution in [0.3, 0.4) is 0 Å². The lowest BCUT2D eigenvalue weighted by Gasteiger charge is -2.12. The Labute approximate surface area is 202 Å². The van der Waals surface area contributed by atoms with Crippen LogP contribution in [0.5, 0.6) is 0 Å². The molecule has 0 aliphatic rings. The van der Waals surface area contributed by atoms with Gasteiger partial charge in [-0.2, -0.15) is 4.98 Å². The number of benzene rings is 2. The molecule has 0 aliphatic heterocycles. The van der Waals surface area contributed by atoms with E-state index in [1.807, 2.05) is 51.1 Å². The highest BCUT2D eigenvalue weighted by atomic mass is 32.2. The molecule has 2 aromatic heterocycles. The van der Waals surface area contributed by atoms with Crippen molar-refractivity contribution in [2.24, 2.45) is 0 Å². The second kappa shape index (κ2) is 10.1. The summed E-state index contributed by atoms with van der Waals surface area (Å²) in [6, 6.07) is 16.9. The Kier molecular flexibility index (Phi) is 6.98. The highest BCUT2D eigenvalue weighted by Crippen LogP contribution is 2.32. The van der Waals surface area contributed by atoms with Crippen LogP contribution in [0, 0.1) is 20.8 Å². The number of aromatic nitrogens is 2. The summed E-state index contributed by atoms with van der Waals surface area (Å²) in [5.74, 6) is 0.656. The Bertz CT molecular complexity index is 1330. The molecule has 0 aliphatic carbocycles. The van der Waals surface area contributed by atoms with Crippen LogP contribution in [-0.4, -0.2) is 27.0 Å².